The molecule has 0 saturated carbocycles. The summed E-state index contributed by atoms with van der Waals surface area (Å²) >= 11 is 0. The highest BCUT2D eigenvalue weighted by molar-refractivity contribution is 5.47. The van der Waals surface area contributed by atoms with Crippen LogP contribution in [0.25, 0.3) is 0 Å². The minimum absolute atomic E-state index is 0.00443. The standard InChI is InChI=1S/C14H22N2O3/c1-10-5-13-14(19-4-3-18-13)6-11(10)7-16(2)8-12(15)9-17/h5-6,12,17H,3-4,7-9,15H2,1-2H3. The molecule has 0 aliphatic carbocycles. The molecule has 3 N–H and O–H groups in total. The maximum atomic E-state index is 8.97. The molecule has 1 atom stereocenters. The Labute approximate surface area is 113 Å². The lowest BCUT2D eigenvalue weighted by Crippen LogP contribution is -2.37. The molecule has 2 rings (SSSR count). The Bertz CT molecular complexity index is 437. The molecule has 1 heterocycles. The van der Waals surface area contributed by atoms with Gasteiger partial charge in [-0.05, 0) is 37.2 Å². The number of aryl methyl sites for hydroxylation is 1. The molecule has 1 aromatic rings. The van der Waals surface area contributed by atoms with Gasteiger partial charge in [0.25, 0.3) is 0 Å². The van der Waals surface area contributed by atoms with Crippen molar-refractivity contribution in [3.63, 3.8) is 0 Å². The highest BCUT2D eigenvalue weighted by Gasteiger charge is 2.15. The summed E-state index contributed by atoms with van der Waals surface area (Å²) in [4.78, 5) is 2.10. The van der Waals surface area contributed by atoms with Crippen molar-refractivity contribution in [2.24, 2.45) is 5.73 Å². The Morgan fingerprint density at radius 3 is 2.58 bits per heavy atom. The first-order valence-corrected chi connectivity index (χ1v) is 6.54. The first kappa shape index (κ1) is 14.1. The number of ether oxygens (including phenoxy) is 2. The van der Waals surface area contributed by atoms with Crippen molar-refractivity contribution in [1.29, 1.82) is 0 Å². The van der Waals surface area contributed by atoms with Crippen LogP contribution in [0.1, 0.15) is 11.1 Å². The number of likely N-dealkylation sites (N-methyl/N-ethyl adjacent to an activating group) is 1. The van der Waals surface area contributed by atoms with Crippen LogP contribution in [0.2, 0.25) is 0 Å². The molecule has 106 valence electrons. The second-order valence-corrected chi connectivity index (χ2v) is 5.06. The largest absolute Gasteiger partial charge is 0.486 e. The Morgan fingerprint density at radius 2 is 1.95 bits per heavy atom. The summed E-state index contributed by atoms with van der Waals surface area (Å²) in [5.41, 5.74) is 8.11. The zero-order chi connectivity index (χ0) is 13.8. The van der Waals surface area contributed by atoms with Crippen molar-refractivity contribution in [3.05, 3.63) is 23.3 Å². The molecule has 0 bridgehead atoms. The second kappa shape index (κ2) is 6.23. The fourth-order valence-corrected chi connectivity index (χ4v) is 2.22. The number of fused-ring (bicyclic) bond motifs is 1. The monoisotopic (exact) mass is 266 g/mol. The van der Waals surface area contributed by atoms with Crippen LogP contribution in [-0.4, -0.2) is 49.5 Å². The van der Waals surface area contributed by atoms with Crippen molar-refractivity contribution in [3.8, 4) is 11.5 Å². The van der Waals surface area contributed by atoms with Crippen LogP contribution in [0, 0.1) is 6.92 Å². The average Bonchev–Trinajstić information content (AvgIpc) is 2.39. The normalized spacial score (nSPS) is 15.6. The summed E-state index contributed by atoms with van der Waals surface area (Å²) < 4.78 is 11.1. The Balaban J connectivity index is 2.07. The number of nitrogens with two attached hydrogens (primary N) is 1. The molecule has 1 aliphatic heterocycles. The van der Waals surface area contributed by atoms with Crippen LogP contribution in [0.15, 0.2) is 12.1 Å². The van der Waals surface area contributed by atoms with Gasteiger partial charge in [-0.3, -0.25) is 0 Å². The van der Waals surface area contributed by atoms with Crippen molar-refractivity contribution >= 4 is 0 Å². The van der Waals surface area contributed by atoms with E-state index in [1.165, 1.54) is 11.1 Å². The van der Waals surface area contributed by atoms with Gasteiger partial charge in [0.1, 0.15) is 13.2 Å². The molecule has 1 aliphatic rings. The number of aliphatic hydroxyl groups excluding tert-OH is 1. The molecular formula is C14H22N2O3. The SMILES string of the molecule is Cc1cc2c(cc1CN(C)CC(N)CO)OCCO2. The highest BCUT2D eigenvalue weighted by atomic mass is 16.6. The van der Waals surface area contributed by atoms with Gasteiger partial charge in [-0.25, -0.2) is 0 Å². The number of aliphatic hydroxyl groups is 1. The first-order valence-electron chi connectivity index (χ1n) is 6.54. The molecule has 0 amide bonds. The Morgan fingerprint density at radius 1 is 1.32 bits per heavy atom. The maximum Gasteiger partial charge on any atom is 0.161 e. The highest BCUT2D eigenvalue weighted by Crippen LogP contribution is 2.33. The van der Waals surface area contributed by atoms with Gasteiger partial charge in [-0.1, -0.05) is 0 Å². The molecule has 0 aromatic heterocycles. The summed E-state index contributed by atoms with van der Waals surface area (Å²) in [6.07, 6.45) is 0. The molecule has 5 nitrogen and oxygen atoms in total. The molecular weight excluding hydrogens is 244 g/mol. The fraction of sp³-hybridized carbons (Fsp3) is 0.571. The van der Waals surface area contributed by atoms with Gasteiger partial charge in [-0.2, -0.15) is 0 Å². The predicted octanol–water partition coefficient (Wildman–Crippen LogP) is 0.518. The quantitative estimate of drug-likeness (QED) is 0.813. The molecule has 19 heavy (non-hydrogen) atoms. The number of rotatable bonds is 5. The maximum absolute atomic E-state index is 8.97. The zero-order valence-electron chi connectivity index (χ0n) is 11.6. The molecule has 1 unspecified atom stereocenters. The summed E-state index contributed by atoms with van der Waals surface area (Å²) in [6, 6.07) is 3.84. The van der Waals surface area contributed by atoms with Gasteiger partial charge < -0.3 is 25.2 Å². The number of nitrogens with zero attached hydrogens (tertiary/aromatic N) is 1. The van der Waals surface area contributed by atoms with E-state index in [1.54, 1.807) is 0 Å². The number of hydrogen-bond donors (Lipinski definition) is 2. The topological polar surface area (TPSA) is 68.0 Å². The van der Waals surface area contributed by atoms with Crippen LogP contribution in [-0.2, 0) is 6.54 Å². The van der Waals surface area contributed by atoms with Crippen LogP contribution < -0.4 is 15.2 Å². The van der Waals surface area contributed by atoms with Crippen LogP contribution in [0.5, 0.6) is 11.5 Å². The van der Waals surface area contributed by atoms with E-state index in [2.05, 4.69) is 11.8 Å². The van der Waals surface area contributed by atoms with Gasteiger partial charge in [0.2, 0.25) is 0 Å². The summed E-state index contributed by atoms with van der Waals surface area (Å²) in [5, 5.41) is 8.97. The minimum atomic E-state index is -0.206. The molecule has 5 heteroatoms. The molecule has 0 fully saturated rings. The van der Waals surface area contributed by atoms with E-state index in [1.807, 2.05) is 19.2 Å². The van der Waals surface area contributed by atoms with Crippen molar-refractivity contribution in [2.45, 2.75) is 19.5 Å². The Kier molecular flexibility index (Phi) is 4.63. The van der Waals surface area contributed by atoms with Crippen molar-refractivity contribution in [2.75, 3.05) is 33.4 Å². The lowest BCUT2D eigenvalue weighted by molar-refractivity contribution is 0.171. The van der Waals surface area contributed by atoms with Gasteiger partial charge in [-0.15, -0.1) is 0 Å². The van der Waals surface area contributed by atoms with E-state index in [9.17, 15) is 0 Å². The van der Waals surface area contributed by atoms with E-state index in [4.69, 9.17) is 20.3 Å². The summed E-state index contributed by atoms with van der Waals surface area (Å²) in [7, 11) is 1.99. The van der Waals surface area contributed by atoms with E-state index in [0.29, 0.717) is 19.8 Å². The zero-order valence-corrected chi connectivity index (χ0v) is 11.6. The van der Waals surface area contributed by atoms with Gasteiger partial charge in [0.15, 0.2) is 11.5 Å². The van der Waals surface area contributed by atoms with Crippen LogP contribution >= 0.6 is 0 Å². The summed E-state index contributed by atoms with van der Waals surface area (Å²) in [5.74, 6) is 1.63. The molecule has 0 saturated heterocycles. The van der Waals surface area contributed by atoms with E-state index in [-0.39, 0.29) is 12.6 Å². The van der Waals surface area contributed by atoms with Crippen LogP contribution in [0.3, 0.4) is 0 Å². The van der Waals surface area contributed by atoms with Crippen molar-refractivity contribution in [1.82, 2.24) is 4.90 Å². The number of hydrogen-bond acceptors (Lipinski definition) is 5. The summed E-state index contributed by atoms with van der Waals surface area (Å²) in [6.45, 7) is 4.70. The third kappa shape index (κ3) is 3.59. The second-order valence-electron chi connectivity index (χ2n) is 5.06. The number of benzene rings is 1. The molecule has 1 aromatic carbocycles. The third-order valence-electron chi connectivity index (χ3n) is 3.22. The fourth-order valence-electron chi connectivity index (χ4n) is 2.22. The van der Waals surface area contributed by atoms with E-state index >= 15 is 0 Å². The van der Waals surface area contributed by atoms with E-state index < -0.39 is 0 Å². The minimum Gasteiger partial charge on any atom is -0.486 e. The average molecular weight is 266 g/mol. The van der Waals surface area contributed by atoms with Gasteiger partial charge in [0, 0.05) is 19.1 Å². The Hall–Kier alpha value is -1.30. The lowest BCUT2D eigenvalue weighted by atomic mass is 10.1. The smallest absolute Gasteiger partial charge is 0.161 e. The predicted molar refractivity (Wildman–Crippen MR) is 73.6 cm³/mol. The van der Waals surface area contributed by atoms with Crippen molar-refractivity contribution < 1.29 is 14.6 Å². The first-order chi connectivity index (χ1) is 9.10. The molecule has 0 radical (unpaired) electrons. The lowest BCUT2D eigenvalue weighted by Gasteiger charge is -2.24. The van der Waals surface area contributed by atoms with Gasteiger partial charge in [0.05, 0.1) is 6.61 Å². The molecule has 0 spiro atoms. The van der Waals surface area contributed by atoms with Gasteiger partial charge >= 0.3 is 0 Å². The van der Waals surface area contributed by atoms with Crippen LogP contribution in [0.4, 0.5) is 0 Å². The van der Waals surface area contributed by atoms with E-state index in [0.717, 1.165) is 18.0 Å². The third-order valence-corrected chi connectivity index (χ3v) is 3.22.